The molecule has 0 spiro atoms. The number of aliphatic imine (C=N–C) groups is 1. The molecule has 1 amide bonds. The van der Waals surface area contributed by atoms with E-state index in [9.17, 15) is 14.7 Å². The van der Waals surface area contributed by atoms with Gasteiger partial charge in [-0.05, 0) is 25.5 Å². The van der Waals surface area contributed by atoms with Gasteiger partial charge in [-0.1, -0.05) is 6.08 Å². The smallest absolute Gasteiger partial charge is 0.250 e. The van der Waals surface area contributed by atoms with Gasteiger partial charge in [0.05, 0.1) is 17.9 Å². The third kappa shape index (κ3) is 1.36. The van der Waals surface area contributed by atoms with Gasteiger partial charge in [0.1, 0.15) is 5.84 Å². The Morgan fingerprint density at radius 3 is 2.94 bits per heavy atom. The van der Waals surface area contributed by atoms with Gasteiger partial charge in [-0.3, -0.25) is 4.79 Å². The average Bonchev–Trinajstić information content (AvgIpc) is 2.19. The summed E-state index contributed by atoms with van der Waals surface area (Å²) in [6.07, 6.45) is 4.94. The molecule has 2 aliphatic heterocycles. The standard InChI is InChI=1S/C11H12N2O3/c1-7-4-3-5-13-9(7)12-8(14)6-11(13,2)10(15)16/h3-5H,6H2,1-2H3,(H,15,16)/p-1. The monoisotopic (exact) mass is 219 g/mol. The summed E-state index contributed by atoms with van der Waals surface area (Å²) in [4.78, 5) is 27.9. The number of allylic oxidation sites excluding steroid dienone is 2. The van der Waals surface area contributed by atoms with Gasteiger partial charge in [0.25, 0.3) is 0 Å². The number of hydrogen-bond donors (Lipinski definition) is 0. The molecule has 0 aromatic heterocycles. The average molecular weight is 219 g/mol. The van der Waals surface area contributed by atoms with Crippen LogP contribution in [0.5, 0.6) is 0 Å². The van der Waals surface area contributed by atoms with Crippen molar-refractivity contribution in [3.8, 4) is 0 Å². The Morgan fingerprint density at radius 1 is 1.62 bits per heavy atom. The van der Waals surface area contributed by atoms with Crippen molar-refractivity contribution in [2.75, 3.05) is 0 Å². The number of carbonyl (C=O) groups is 2. The van der Waals surface area contributed by atoms with Crippen LogP contribution in [-0.2, 0) is 9.59 Å². The second-order valence-corrected chi connectivity index (χ2v) is 4.13. The van der Waals surface area contributed by atoms with Gasteiger partial charge in [0, 0.05) is 6.20 Å². The van der Waals surface area contributed by atoms with E-state index in [2.05, 4.69) is 4.99 Å². The van der Waals surface area contributed by atoms with E-state index in [4.69, 9.17) is 0 Å². The number of carboxylic acids is 1. The number of fused-ring (bicyclic) bond motifs is 1. The van der Waals surface area contributed by atoms with Crippen LogP contribution in [0.4, 0.5) is 0 Å². The molecule has 0 saturated heterocycles. The number of rotatable bonds is 1. The van der Waals surface area contributed by atoms with Crippen LogP contribution in [0, 0.1) is 0 Å². The minimum Gasteiger partial charge on any atom is -0.548 e. The molecular weight excluding hydrogens is 208 g/mol. The van der Waals surface area contributed by atoms with Gasteiger partial charge in [-0.15, -0.1) is 0 Å². The fraction of sp³-hybridized carbons (Fsp3) is 0.364. The molecule has 0 aromatic rings. The van der Waals surface area contributed by atoms with Crippen molar-refractivity contribution in [1.29, 1.82) is 0 Å². The second-order valence-electron chi connectivity index (χ2n) is 4.13. The third-order valence-corrected chi connectivity index (χ3v) is 2.86. The molecule has 0 aliphatic carbocycles. The maximum absolute atomic E-state index is 11.4. The normalized spacial score (nSPS) is 28.4. The summed E-state index contributed by atoms with van der Waals surface area (Å²) in [6, 6.07) is 0. The van der Waals surface area contributed by atoms with Crippen LogP contribution in [0.25, 0.3) is 0 Å². The number of carboxylic acid groups (broad SMARTS) is 1. The number of amides is 1. The van der Waals surface area contributed by atoms with E-state index in [1.54, 1.807) is 25.3 Å². The summed E-state index contributed by atoms with van der Waals surface area (Å²) in [5, 5.41) is 11.2. The second kappa shape index (κ2) is 3.30. The lowest BCUT2D eigenvalue weighted by Crippen LogP contribution is -2.61. The molecule has 5 heteroatoms. The number of hydrogen-bond acceptors (Lipinski definition) is 4. The van der Waals surface area contributed by atoms with E-state index in [0.717, 1.165) is 5.57 Å². The molecule has 0 aromatic carbocycles. The summed E-state index contributed by atoms with van der Waals surface area (Å²) in [7, 11) is 0. The van der Waals surface area contributed by atoms with Gasteiger partial charge in [-0.25, -0.2) is 0 Å². The molecule has 0 N–H and O–H groups in total. The zero-order valence-electron chi connectivity index (χ0n) is 9.06. The molecular formula is C11H11N2O3-. The Morgan fingerprint density at radius 2 is 2.31 bits per heavy atom. The minimum atomic E-state index is -1.35. The summed E-state index contributed by atoms with van der Waals surface area (Å²) in [6.45, 7) is 3.25. The van der Waals surface area contributed by atoms with E-state index in [-0.39, 0.29) is 6.42 Å². The third-order valence-electron chi connectivity index (χ3n) is 2.86. The van der Waals surface area contributed by atoms with E-state index >= 15 is 0 Å². The van der Waals surface area contributed by atoms with Crippen molar-refractivity contribution in [3.63, 3.8) is 0 Å². The van der Waals surface area contributed by atoms with E-state index in [1.165, 1.54) is 11.8 Å². The summed E-state index contributed by atoms with van der Waals surface area (Å²) < 4.78 is 0. The molecule has 16 heavy (non-hydrogen) atoms. The lowest BCUT2D eigenvalue weighted by Gasteiger charge is -2.44. The van der Waals surface area contributed by atoms with Gasteiger partial charge >= 0.3 is 0 Å². The summed E-state index contributed by atoms with van der Waals surface area (Å²) >= 11 is 0. The van der Waals surface area contributed by atoms with Crippen molar-refractivity contribution in [2.45, 2.75) is 25.8 Å². The highest BCUT2D eigenvalue weighted by molar-refractivity contribution is 6.10. The summed E-state index contributed by atoms with van der Waals surface area (Å²) in [5.74, 6) is -1.31. The highest BCUT2D eigenvalue weighted by Gasteiger charge is 2.41. The molecule has 2 aliphatic rings. The first kappa shape index (κ1) is 10.6. The maximum atomic E-state index is 11.4. The van der Waals surface area contributed by atoms with Crippen LogP contribution in [0.3, 0.4) is 0 Å². The van der Waals surface area contributed by atoms with Gasteiger partial charge in [0.15, 0.2) is 0 Å². The van der Waals surface area contributed by atoms with Crippen molar-refractivity contribution in [2.24, 2.45) is 4.99 Å². The predicted octanol–water partition coefficient (Wildman–Crippen LogP) is -0.401. The van der Waals surface area contributed by atoms with E-state index < -0.39 is 17.4 Å². The quantitative estimate of drug-likeness (QED) is 0.601. The highest BCUT2D eigenvalue weighted by Crippen LogP contribution is 2.29. The minimum absolute atomic E-state index is 0.170. The zero-order valence-corrected chi connectivity index (χ0v) is 9.06. The van der Waals surface area contributed by atoms with Crippen molar-refractivity contribution in [1.82, 2.24) is 4.90 Å². The highest BCUT2D eigenvalue weighted by atomic mass is 16.4. The maximum Gasteiger partial charge on any atom is 0.250 e. The van der Waals surface area contributed by atoms with Crippen LogP contribution in [0.1, 0.15) is 20.3 Å². The number of aliphatic carboxylic acids is 1. The van der Waals surface area contributed by atoms with Crippen LogP contribution in [0.2, 0.25) is 0 Å². The molecule has 0 fully saturated rings. The molecule has 0 saturated carbocycles. The Bertz CT molecular complexity index is 462. The molecule has 2 rings (SSSR count). The first-order chi connectivity index (χ1) is 7.45. The molecule has 2 heterocycles. The lowest BCUT2D eigenvalue weighted by atomic mass is 9.91. The Hall–Kier alpha value is -1.91. The first-order valence-electron chi connectivity index (χ1n) is 4.93. The Kier molecular flexibility index (Phi) is 2.18. The van der Waals surface area contributed by atoms with Crippen LogP contribution in [0.15, 0.2) is 28.9 Å². The van der Waals surface area contributed by atoms with Crippen molar-refractivity contribution >= 4 is 17.7 Å². The van der Waals surface area contributed by atoms with Gasteiger partial charge in [-0.2, -0.15) is 4.99 Å². The van der Waals surface area contributed by atoms with Gasteiger partial charge in [0.2, 0.25) is 5.91 Å². The van der Waals surface area contributed by atoms with Crippen molar-refractivity contribution < 1.29 is 14.7 Å². The lowest BCUT2D eigenvalue weighted by molar-refractivity contribution is -0.316. The first-order valence-corrected chi connectivity index (χ1v) is 4.93. The predicted molar refractivity (Wildman–Crippen MR) is 55.2 cm³/mol. The number of carbonyl (C=O) groups excluding carboxylic acids is 2. The number of nitrogens with zero attached hydrogens (tertiary/aromatic N) is 2. The molecule has 5 nitrogen and oxygen atoms in total. The van der Waals surface area contributed by atoms with E-state index in [1.807, 2.05) is 0 Å². The zero-order chi connectivity index (χ0) is 11.9. The van der Waals surface area contributed by atoms with Gasteiger partial charge < -0.3 is 14.8 Å². The molecule has 1 unspecified atom stereocenters. The SMILES string of the molecule is CC1=CC=CN2C1=NC(=O)CC2(C)C(=O)[O-]. The molecule has 84 valence electrons. The molecule has 1 atom stereocenters. The van der Waals surface area contributed by atoms with Crippen molar-refractivity contribution in [3.05, 3.63) is 23.9 Å². The largest absolute Gasteiger partial charge is 0.548 e. The topological polar surface area (TPSA) is 72.8 Å². The fourth-order valence-corrected chi connectivity index (χ4v) is 1.86. The summed E-state index contributed by atoms with van der Waals surface area (Å²) in [5.41, 5.74) is -0.580. The fourth-order valence-electron chi connectivity index (χ4n) is 1.86. The van der Waals surface area contributed by atoms with E-state index in [0.29, 0.717) is 5.84 Å². The molecule has 0 radical (unpaired) electrons. The Balaban J connectivity index is 2.54. The number of amidine groups is 1. The Labute approximate surface area is 92.8 Å². The van der Waals surface area contributed by atoms with Crippen LogP contribution in [-0.4, -0.2) is 28.2 Å². The van der Waals surface area contributed by atoms with Crippen LogP contribution < -0.4 is 5.11 Å². The van der Waals surface area contributed by atoms with Crippen LogP contribution >= 0.6 is 0 Å². The molecule has 0 bridgehead atoms.